The Morgan fingerprint density at radius 1 is 1.08 bits per heavy atom. The molecular formula is C20H29FN2O2. The molecule has 3 heterocycles. The van der Waals surface area contributed by atoms with Gasteiger partial charge in [0.05, 0.1) is 19.8 Å². The lowest BCUT2D eigenvalue weighted by atomic mass is 9.93. The number of hydrogen-bond acceptors (Lipinski definition) is 4. The lowest BCUT2D eigenvalue weighted by molar-refractivity contribution is -0.0563. The summed E-state index contributed by atoms with van der Waals surface area (Å²) in [6.07, 6.45) is 3.77. The molecular weight excluding hydrogens is 319 g/mol. The number of ether oxygens (including phenoxy) is 2. The first-order valence-corrected chi connectivity index (χ1v) is 9.62. The van der Waals surface area contributed by atoms with Gasteiger partial charge in [0.1, 0.15) is 11.4 Å². The Balaban J connectivity index is 1.36. The zero-order valence-electron chi connectivity index (χ0n) is 15.0. The lowest BCUT2D eigenvalue weighted by Crippen LogP contribution is -2.44. The lowest BCUT2D eigenvalue weighted by Gasteiger charge is -2.31. The Hall–Kier alpha value is -1.01. The van der Waals surface area contributed by atoms with E-state index in [1.807, 2.05) is 12.1 Å². The van der Waals surface area contributed by atoms with Gasteiger partial charge in [-0.2, -0.15) is 0 Å². The molecule has 0 unspecified atom stereocenters. The molecule has 3 aliphatic rings. The van der Waals surface area contributed by atoms with Gasteiger partial charge in [-0.1, -0.05) is 12.1 Å². The molecule has 0 aliphatic carbocycles. The van der Waals surface area contributed by atoms with Crippen molar-refractivity contribution in [2.45, 2.75) is 31.4 Å². The minimum Gasteiger partial charge on any atom is -0.377 e. The second-order valence-electron chi connectivity index (χ2n) is 7.96. The van der Waals surface area contributed by atoms with Crippen molar-refractivity contribution < 1.29 is 13.9 Å². The van der Waals surface area contributed by atoms with Gasteiger partial charge >= 0.3 is 0 Å². The first-order chi connectivity index (χ1) is 12.2. The molecule has 1 spiro atoms. The molecule has 0 N–H and O–H groups in total. The highest BCUT2D eigenvalue weighted by Gasteiger charge is 2.43. The van der Waals surface area contributed by atoms with Crippen LogP contribution in [0.25, 0.3) is 0 Å². The number of halogens is 1. The van der Waals surface area contributed by atoms with Crippen molar-refractivity contribution >= 4 is 0 Å². The summed E-state index contributed by atoms with van der Waals surface area (Å²) < 4.78 is 25.3. The molecule has 0 aromatic heterocycles. The van der Waals surface area contributed by atoms with E-state index >= 15 is 0 Å². The molecule has 0 radical (unpaired) electrons. The SMILES string of the molecule is Fc1ccc(CN2CCOC[C@@]3(C[C@@H](CN4CCCC4)CO3)C2)cc1. The fourth-order valence-corrected chi connectivity index (χ4v) is 4.56. The van der Waals surface area contributed by atoms with Crippen molar-refractivity contribution in [1.82, 2.24) is 9.80 Å². The summed E-state index contributed by atoms with van der Waals surface area (Å²) in [5.41, 5.74) is 0.978. The maximum absolute atomic E-state index is 13.1. The molecule has 0 bridgehead atoms. The van der Waals surface area contributed by atoms with E-state index in [4.69, 9.17) is 9.47 Å². The molecule has 4 nitrogen and oxygen atoms in total. The number of hydrogen-bond donors (Lipinski definition) is 0. The van der Waals surface area contributed by atoms with Crippen LogP contribution in [0.5, 0.6) is 0 Å². The van der Waals surface area contributed by atoms with Gasteiger partial charge in [0.15, 0.2) is 0 Å². The fourth-order valence-electron chi connectivity index (χ4n) is 4.56. The van der Waals surface area contributed by atoms with Gasteiger partial charge in [-0.3, -0.25) is 4.90 Å². The maximum Gasteiger partial charge on any atom is 0.123 e. The Bertz CT molecular complexity index is 561. The molecule has 1 aromatic rings. The van der Waals surface area contributed by atoms with Crippen LogP contribution in [0.4, 0.5) is 4.39 Å². The molecule has 0 amide bonds. The highest BCUT2D eigenvalue weighted by molar-refractivity contribution is 5.16. The molecule has 5 heteroatoms. The zero-order chi connectivity index (χ0) is 17.1. The second kappa shape index (κ2) is 7.70. The van der Waals surface area contributed by atoms with Gasteiger partial charge in [-0.05, 0) is 56.0 Å². The van der Waals surface area contributed by atoms with Crippen LogP contribution in [0.2, 0.25) is 0 Å². The van der Waals surface area contributed by atoms with E-state index in [1.165, 1.54) is 44.6 Å². The first kappa shape index (κ1) is 17.4. The fraction of sp³-hybridized carbons (Fsp3) is 0.700. The van der Waals surface area contributed by atoms with E-state index < -0.39 is 0 Å². The van der Waals surface area contributed by atoms with E-state index in [0.717, 1.165) is 44.8 Å². The number of rotatable bonds is 4. The summed E-state index contributed by atoms with van der Waals surface area (Å²) in [5, 5.41) is 0. The van der Waals surface area contributed by atoms with E-state index in [9.17, 15) is 4.39 Å². The monoisotopic (exact) mass is 348 g/mol. The summed E-state index contributed by atoms with van der Waals surface area (Å²) in [6, 6.07) is 6.83. The molecule has 25 heavy (non-hydrogen) atoms. The Morgan fingerprint density at radius 2 is 1.88 bits per heavy atom. The molecule has 1 aromatic carbocycles. The first-order valence-electron chi connectivity index (χ1n) is 9.62. The molecule has 3 aliphatic heterocycles. The number of benzene rings is 1. The van der Waals surface area contributed by atoms with E-state index in [2.05, 4.69) is 9.80 Å². The Labute approximate surface area is 149 Å². The van der Waals surface area contributed by atoms with Gasteiger partial charge in [0, 0.05) is 26.2 Å². The van der Waals surface area contributed by atoms with Crippen LogP contribution in [0, 0.1) is 11.7 Å². The van der Waals surface area contributed by atoms with Gasteiger partial charge in [0.25, 0.3) is 0 Å². The van der Waals surface area contributed by atoms with Crippen molar-refractivity contribution in [3.63, 3.8) is 0 Å². The van der Waals surface area contributed by atoms with Crippen LogP contribution in [0.1, 0.15) is 24.8 Å². The highest BCUT2D eigenvalue weighted by atomic mass is 19.1. The average molecular weight is 348 g/mol. The Kier molecular flexibility index (Phi) is 5.36. The molecule has 0 saturated carbocycles. The van der Waals surface area contributed by atoms with E-state index in [1.54, 1.807) is 0 Å². The van der Waals surface area contributed by atoms with Crippen LogP contribution in [0.3, 0.4) is 0 Å². The second-order valence-corrected chi connectivity index (χ2v) is 7.96. The highest BCUT2D eigenvalue weighted by Crippen LogP contribution is 2.34. The van der Waals surface area contributed by atoms with Crippen molar-refractivity contribution in [3.8, 4) is 0 Å². The van der Waals surface area contributed by atoms with Crippen LogP contribution in [-0.2, 0) is 16.0 Å². The summed E-state index contributed by atoms with van der Waals surface area (Å²) >= 11 is 0. The van der Waals surface area contributed by atoms with Gasteiger partial charge in [-0.25, -0.2) is 4.39 Å². The quantitative estimate of drug-likeness (QED) is 0.835. The normalized spacial score (nSPS) is 31.6. The van der Waals surface area contributed by atoms with Crippen LogP contribution in [0.15, 0.2) is 24.3 Å². The van der Waals surface area contributed by atoms with E-state index in [0.29, 0.717) is 12.5 Å². The average Bonchev–Trinajstić information content (AvgIpc) is 3.20. The van der Waals surface area contributed by atoms with Crippen LogP contribution >= 0.6 is 0 Å². The maximum atomic E-state index is 13.1. The van der Waals surface area contributed by atoms with Crippen LogP contribution < -0.4 is 0 Å². The minimum absolute atomic E-state index is 0.166. The molecule has 3 fully saturated rings. The van der Waals surface area contributed by atoms with Crippen molar-refractivity contribution in [2.75, 3.05) is 52.5 Å². The largest absolute Gasteiger partial charge is 0.377 e. The van der Waals surface area contributed by atoms with Gasteiger partial charge in [0.2, 0.25) is 0 Å². The summed E-state index contributed by atoms with van der Waals surface area (Å²) in [4.78, 5) is 4.99. The standard InChI is InChI=1S/C20H29FN2O2/c21-19-5-3-17(4-6-19)12-23-9-10-24-16-20(15-23)11-18(14-25-20)13-22-7-1-2-8-22/h3-6,18H,1-2,7-16H2/t18-,20+/m0/s1. The molecule has 3 saturated heterocycles. The Morgan fingerprint density at radius 3 is 2.68 bits per heavy atom. The summed E-state index contributed by atoms with van der Waals surface area (Å²) in [5.74, 6) is 0.441. The molecule has 138 valence electrons. The van der Waals surface area contributed by atoms with E-state index in [-0.39, 0.29) is 11.4 Å². The summed E-state index contributed by atoms with van der Waals surface area (Å²) in [7, 11) is 0. The third-order valence-corrected chi connectivity index (χ3v) is 5.75. The predicted molar refractivity (Wildman–Crippen MR) is 95.0 cm³/mol. The minimum atomic E-state index is -0.177. The third-order valence-electron chi connectivity index (χ3n) is 5.75. The van der Waals surface area contributed by atoms with Gasteiger partial charge in [-0.15, -0.1) is 0 Å². The predicted octanol–water partition coefficient (Wildman–Crippen LogP) is 2.53. The van der Waals surface area contributed by atoms with Crippen LogP contribution in [-0.4, -0.2) is 67.9 Å². The van der Waals surface area contributed by atoms with Gasteiger partial charge < -0.3 is 14.4 Å². The zero-order valence-corrected chi connectivity index (χ0v) is 15.0. The number of nitrogens with zero attached hydrogens (tertiary/aromatic N) is 2. The topological polar surface area (TPSA) is 24.9 Å². The molecule has 2 atom stereocenters. The van der Waals surface area contributed by atoms with Crippen molar-refractivity contribution in [1.29, 1.82) is 0 Å². The third kappa shape index (κ3) is 4.40. The van der Waals surface area contributed by atoms with Crippen molar-refractivity contribution in [2.24, 2.45) is 5.92 Å². The molecule has 4 rings (SSSR count). The summed E-state index contributed by atoms with van der Waals surface area (Å²) in [6.45, 7) is 8.58. The van der Waals surface area contributed by atoms with Crippen molar-refractivity contribution in [3.05, 3.63) is 35.6 Å². The number of likely N-dealkylation sites (tertiary alicyclic amines) is 1. The smallest absolute Gasteiger partial charge is 0.123 e.